The number of hydrogen-bond acceptors (Lipinski definition) is 7. The summed E-state index contributed by atoms with van der Waals surface area (Å²) in [5.41, 5.74) is 5.79. The number of aromatic nitrogens is 3. The average Bonchev–Trinajstić information content (AvgIpc) is 3.41. The van der Waals surface area contributed by atoms with Gasteiger partial charge in [0.1, 0.15) is 29.5 Å². The van der Waals surface area contributed by atoms with E-state index in [0.29, 0.717) is 24.5 Å². The number of nitrogens with one attached hydrogen (secondary N) is 1. The van der Waals surface area contributed by atoms with Crippen LogP contribution in [0.2, 0.25) is 0 Å². The van der Waals surface area contributed by atoms with Gasteiger partial charge in [-0.15, -0.1) is 0 Å². The molecule has 3 heterocycles. The molecule has 0 bridgehead atoms. The van der Waals surface area contributed by atoms with Gasteiger partial charge in [-0.25, -0.2) is 9.97 Å². The normalized spacial score (nSPS) is 13.6. The van der Waals surface area contributed by atoms with E-state index >= 15 is 0 Å². The van der Waals surface area contributed by atoms with Crippen molar-refractivity contribution < 1.29 is 14.2 Å². The molecule has 1 saturated heterocycles. The van der Waals surface area contributed by atoms with Crippen LogP contribution in [0.15, 0.2) is 48.8 Å². The van der Waals surface area contributed by atoms with Crippen LogP contribution in [0.25, 0.3) is 33.5 Å². The zero-order valence-corrected chi connectivity index (χ0v) is 21.5. The number of aromatic amines is 1. The molecule has 1 fully saturated rings. The van der Waals surface area contributed by atoms with E-state index in [9.17, 15) is 5.26 Å². The van der Waals surface area contributed by atoms with E-state index < -0.39 is 0 Å². The predicted octanol–water partition coefficient (Wildman–Crippen LogP) is 5.58. The Morgan fingerprint density at radius 3 is 2.54 bits per heavy atom. The molecule has 5 rings (SSSR count). The van der Waals surface area contributed by atoms with E-state index in [1.165, 1.54) is 0 Å². The van der Waals surface area contributed by atoms with Gasteiger partial charge in [-0.05, 0) is 49.2 Å². The van der Waals surface area contributed by atoms with Gasteiger partial charge in [0.05, 0.1) is 43.4 Å². The maximum absolute atomic E-state index is 9.79. The van der Waals surface area contributed by atoms with E-state index in [-0.39, 0.29) is 6.10 Å². The monoisotopic (exact) mass is 497 g/mol. The maximum atomic E-state index is 9.79. The summed E-state index contributed by atoms with van der Waals surface area (Å²) in [5, 5.41) is 10.7. The Balaban J connectivity index is 1.50. The van der Waals surface area contributed by atoms with E-state index in [0.717, 1.165) is 70.9 Å². The zero-order chi connectivity index (χ0) is 25.8. The Morgan fingerprint density at radius 2 is 1.81 bits per heavy atom. The number of fused-ring (bicyclic) bond motifs is 1. The summed E-state index contributed by atoms with van der Waals surface area (Å²) < 4.78 is 17.3. The minimum absolute atomic E-state index is 0.0857. The van der Waals surface area contributed by atoms with Crippen LogP contribution in [0, 0.1) is 11.3 Å². The second-order valence-corrected chi connectivity index (χ2v) is 9.03. The second kappa shape index (κ2) is 10.9. The van der Waals surface area contributed by atoms with Crippen LogP contribution in [0.4, 0.5) is 5.69 Å². The van der Waals surface area contributed by atoms with Crippen molar-refractivity contribution >= 4 is 16.7 Å². The number of morpholine rings is 1. The Morgan fingerprint density at radius 1 is 1.03 bits per heavy atom. The fraction of sp³-hybridized carbons (Fsp3) is 0.345. The van der Waals surface area contributed by atoms with E-state index in [1.807, 2.05) is 24.3 Å². The van der Waals surface area contributed by atoms with Gasteiger partial charge in [0.2, 0.25) is 0 Å². The molecule has 37 heavy (non-hydrogen) atoms. The summed E-state index contributed by atoms with van der Waals surface area (Å²) in [6, 6.07) is 16.2. The molecule has 2 aromatic carbocycles. The van der Waals surface area contributed by atoms with Crippen molar-refractivity contribution in [1.29, 1.82) is 5.26 Å². The lowest BCUT2D eigenvalue weighted by molar-refractivity contribution is 0.122. The smallest absolute Gasteiger partial charge is 0.142 e. The minimum atomic E-state index is 0.0857. The van der Waals surface area contributed by atoms with E-state index in [2.05, 4.69) is 58.0 Å². The first-order chi connectivity index (χ1) is 18.1. The highest BCUT2D eigenvalue weighted by Crippen LogP contribution is 2.36. The average molecular weight is 498 g/mol. The number of anilines is 1. The third kappa shape index (κ3) is 4.95. The molecule has 2 aromatic heterocycles. The fourth-order valence-electron chi connectivity index (χ4n) is 4.74. The number of hydrogen-bond donors (Lipinski definition) is 1. The lowest BCUT2D eigenvalue weighted by atomic mass is 10.0. The minimum Gasteiger partial charge on any atom is -0.495 e. The first kappa shape index (κ1) is 24.6. The van der Waals surface area contributed by atoms with Crippen LogP contribution in [-0.4, -0.2) is 54.5 Å². The molecule has 0 spiro atoms. The number of rotatable bonds is 8. The van der Waals surface area contributed by atoms with E-state index in [4.69, 9.17) is 14.2 Å². The van der Waals surface area contributed by atoms with Crippen molar-refractivity contribution in [2.24, 2.45) is 0 Å². The molecule has 0 saturated carbocycles. The van der Waals surface area contributed by atoms with E-state index in [1.54, 1.807) is 13.4 Å². The Hall–Kier alpha value is -4.09. The van der Waals surface area contributed by atoms with Crippen LogP contribution in [0.3, 0.4) is 0 Å². The molecule has 8 heteroatoms. The lowest BCUT2D eigenvalue weighted by Gasteiger charge is -2.30. The summed E-state index contributed by atoms with van der Waals surface area (Å²) in [4.78, 5) is 14.7. The highest BCUT2D eigenvalue weighted by Gasteiger charge is 2.18. The number of benzene rings is 2. The van der Waals surface area contributed by atoms with Gasteiger partial charge >= 0.3 is 0 Å². The highest BCUT2D eigenvalue weighted by atomic mass is 16.5. The number of methoxy groups -OCH3 is 1. The second-order valence-electron chi connectivity index (χ2n) is 9.03. The molecule has 0 aliphatic carbocycles. The van der Waals surface area contributed by atoms with Crippen LogP contribution in [0.1, 0.15) is 32.3 Å². The first-order valence-electron chi connectivity index (χ1n) is 12.7. The van der Waals surface area contributed by atoms with Crippen LogP contribution in [0.5, 0.6) is 11.5 Å². The molecule has 1 aliphatic heterocycles. The summed E-state index contributed by atoms with van der Waals surface area (Å²) in [7, 11) is 1.70. The van der Waals surface area contributed by atoms with Gasteiger partial charge < -0.3 is 24.1 Å². The number of ether oxygens (including phenoxy) is 3. The van der Waals surface area contributed by atoms with Gasteiger partial charge in [-0.2, -0.15) is 5.26 Å². The van der Waals surface area contributed by atoms with Gasteiger partial charge in [-0.1, -0.05) is 19.9 Å². The third-order valence-electron chi connectivity index (χ3n) is 6.85. The number of H-pyrrole nitrogens is 1. The number of nitriles is 1. The molecule has 1 N–H and O–H groups in total. The quantitative estimate of drug-likeness (QED) is 0.340. The van der Waals surface area contributed by atoms with Gasteiger partial charge in [0.25, 0.3) is 0 Å². The Kier molecular flexibility index (Phi) is 7.24. The molecule has 0 atom stereocenters. The summed E-state index contributed by atoms with van der Waals surface area (Å²) >= 11 is 0. The molecular weight excluding hydrogens is 466 g/mol. The van der Waals surface area contributed by atoms with Gasteiger partial charge in [0, 0.05) is 35.3 Å². The molecular formula is C29H31N5O3. The lowest BCUT2D eigenvalue weighted by Crippen LogP contribution is -2.36. The molecule has 8 nitrogen and oxygen atoms in total. The highest BCUT2D eigenvalue weighted by molar-refractivity contribution is 5.94. The number of nitrogens with zero attached hydrogens (tertiary/aromatic N) is 4. The van der Waals surface area contributed by atoms with Crippen molar-refractivity contribution in [3.05, 3.63) is 54.4 Å². The van der Waals surface area contributed by atoms with Gasteiger partial charge in [0.15, 0.2) is 0 Å². The molecule has 4 aromatic rings. The predicted molar refractivity (Wildman–Crippen MR) is 144 cm³/mol. The Labute approximate surface area is 216 Å². The SMILES string of the molecule is CCC(CC)Oc1ccc(-c2ncnc3[nH]c(-c4ccc(N5CCOCC5)c(OC)c4)cc23)cc1C#N. The molecule has 0 amide bonds. The van der Waals surface area contributed by atoms with Crippen LogP contribution in [-0.2, 0) is 4.74 Å². The first-order valence-corrected chi connectivity index (χ1v) is 12.7. The zero-order valence-electron chi connectivity index (χ0n) is 21.5. The van der Waals surface area contributed by atoms with Crippen molar-refractivity contribution in [3.63, 3.8) is 0 Å². The third-order valence-corrected chi connectivity index (χ3v) is 6.85. The summed E-state index contributed by atoms with van der Waals surface area (Å²) in [5.74, 6) is 1.42. The standard InChI is InChI=1S/C29H31N5O3/c1-4-22(5-2)37-26-9-7-20(14-21(26)17-30)28-23-16-24(33-29(23)32-18-31-28)19-6-8-25(27(15-19)35-3)34-10-12-36-13-11-34/h6-9,14-16,18,22H,4-5,10-13H2,1-3H3,(H,31,32,33). The van der Waals surface area contributed by atoms with Crippen LogP contribution >= 0.6 is 0 Å². The largest absolute Gasteiger partial charge is 0.495 e. The Bertz CT molecular complexity index is 1430. The van der Waals surface area contributed by atoms with Crippen LogP contribution < -0.4 is 14.4 Å². The fourth-order valence-corrected chi connectivity index (χ4v) is 4.74. The topological polar surface area (TPSA) is 96.3 Å². The molecule has 0 radical (unpaired) electrons. The molecule has 1 aliphatic rings. The van der Waals surface area contributed by atoms with Crippen molar-refractivity contribution in [2.45, 2.75) is 32.8 Å². The molecule has 0 unspecified atom stereocenters. The molecule has 190 valence electrons. The van der Waals surface area contributed by atoms with Crippen molar-refractivity contribution in [2.75, 3.05) is 38.3 Å². The maximum Gasteiger partial charge on any atom is 0.142 e. The van der Waals surface area contributed by atoms with Crippen molar-refractivity contribution in [3.8, 4) is 40.1 Å². The summed E-state index contributed by atoms with van der Waals surface area (Å²) in [6.07, 6.45) is 3.41. The van der Waals surface area contributed by atoms with Crippen molar-refractivity contribution in [1.82, 2.24) is 15.0 Å². The van der Waals surface area contributed by atoms with Gasteiger partial charge in [-0.3, -0.25) is 0 Å². The summed E-state index contributed by atoms with van der Waals surface area (Å²) in [6.45, 7) is 7.28.